The molecular weight excluding hydrogens is 202 g/mol. The zero-order chi connectivity index (χ0) is 11.7. The molecule has 2 rings (SSSR count). The van der Waals surface area contributed by atoms with Crippen LogP contribution in [-0.2, 0) is 18.4 Å². The molecule has 0 aliphatic rings. The maximum absolute atomic E-state index is 10.8. The van der Waals surface area contributed by atoms with Gasteiger partial charge in [0.15, 0.2) is 0 Å². The molecule has 4 heteroatoms. The standard InChI is InChI=1S/C12H15N3O/c1-8-14-11-6-10(7-13-9(2)16)4-5-12(11)15(8)3/h4-6H,7H2,1-3H3,(H,13,16). The summed E-state index contributed by atoms with van der Waals surface area (Å²) in [5.74, 6) is 0.976. The Morgan fingerprint density at radius 2 is 2.25 bits per heavy atom. The van der Waals surface area contributed by atoms with E-state index in [1.807, 2.05) is 32.2 Å². The SMILES string of the molecule is CC(=O)NCc1ccc2c(c1)nc(C)n2C. The summed E-state index contributed by atoms with van der Waals surface area (Å²) in [6, 6.07) is 6.06. The fourth-order valence-electron chi connectivity index (χ4n) is 1.70. The zero-order valence-electron chi connectivity index (χ0n) is 9.74. The quantitative estimate of drug-likeness (QED) is 0.829. The molecule has 0 unspecified atom stereocenters. The van der Waals surface area contributed by atoms with Crippen molar-refractivity contribution >= 4 is 16.9 Å². The van der Waals surface area contributed by atoms with E-state index < -0.39 is 0 Å². The van der Waals surface area contributed by atoms with Crippen molar-refractivity contribution in [2.45, 2.75) is 20.4 Å². The van der Waals surface area contributed by atoms with Crippen molar-refractivity contribution in [2.75, 3.05) is 0 Å². The number of nitrogens with one attached hydrogen (secondary N) is 1. The third-order valence-corrected chi connectivity index (χ3v) is 2.71. The van der Waals surface area contributed by atoms with Gasteiger partial charge >= 0.3 is 0 Å². The van der Waals surface area contributed by atoms with Gasteiger partial charge in [0, 0.05) is 20.5 Å². The summed E-state index contributed by atoms with van der Waals surface area (Å²) >= 11 is 0. The molecule has 1 aromatic heterocycles. The van der Waals surface area contributed by atoms with Crippen LogP contribution in [0.3, 0.4) is 0 Å². The molecule has 0 atom stereocenters. The Balaban J connectivity index is 2.33. The van der Waals surface area contributed by atoms with Crippen molar-refractivity contribution in [3.8, 4) is 0 Å². The first-order chi connectivity index (χ1) is 7.58. The van der Waals surface area contributed by atoms with Crippen molar-refractivity contribution < 1.29 is 4.79 Å². The van der Waals surface area contributed by atoms with Gasteiger partial charge in [0.2, 0.25) is 5.91 Å². The molecule has 1 heterocycles. The number of benzene rings is 1. The van der Waals surface area contributed by atoms with E-state index in [1.165, 1.54) is 6.92 Å². The van der Waals surface area contributed by atoms with E-state index in [-0.39, 0.29) is 5.91 Å². The molecule has 2 aromatic rings. The van der Waals surface area contributed by atoms with Crippen LogP contribution in [0.25, 0.3) is 11.0 Å². The molecule has 0 spiro atoms. The van der Waals surface area contributed by atoms with Crippen LogP contribution in [0.4, 0.5) is 0 Å². The number of hydrogen-bond donors (Lipinski definition) is 1. The summed E-state index contributed by atoms with van der Waals surface area (Å²) in [7, 11) is 2.00. The van der Waals surface area contributed by atoms with E-state index in [4.69, 9.17) is 0 Å². The number of carbonyl (C=O) groups is 1. The number of imidazole rings is 1. The Kier molecular flexibility index (Phi) is 2.64. The predicted octanol–water partition coefficient (Wildman–Crippen LogP) is 1.52. The second-order valence-electron chi connectivity index (χ2n) is 3.95. The second-order valence-corrected chi connectivity index (χ2v) is 3.95. The Morgan fingerprint density at radius 1 is 1.50 bits per heavy atom. The highest BCUT2D eigenvalue weighted by Crippen LogP contribution is 2.16. The molecule has 0 saturated carbocycles. The molecule has 1 N–H and O–H groups in total. The lowest BCUT2D eigenvalue weighted by atomic mass is 10.2. The molecule has 0 bridgehead atoms. The van der Waals surface area contributed by atoms with Crippen LogP contribution in [0.2, 0.25) is 0 Å². The lowest BCUT2D eigenvalue weighted by Gasteiger charge is -2.02. The van der Waals surface area contributed by atoms with Crippen molar-refractivity contribution in [3.63, 3.8) is 0 Å². The Bertz CT molecular complexity index is 542. The van der Waals surface area contributed by atoms with Crippen LogP contribution in [0.1, 0.15) is 18.3 Å². The number of rotatable bonds is 2. The molecule has 1 aromatic carbocycles. The first-order valence-corrected chi connectivity index (χ1v) is 5.24. The highest BCUT2D eigenvalue weighted by atomic mass is 16.1. The minimum Gasteiger partial charge on any atom is -0.352 e. The highest BCUT2D eigenvalue weighted by molar-refractivity contribution is 5.77. The summed E-state index contributed by atoms with van der Waals surface area (Å²) in [4.78, 5) is 15.3. The lowest BCUT2D eigenvalue weighted by Crippen LogP contribution is -2.18. The maximum Gasteiger partial charge on any atom is 0.217 e. The third-order valence-electron chi connectivity index (χ3n) is 2.71. The summed E-state index contributed by atoms with van der Waals surface area (Å²) in [5.41, 5.74) is 3.16. The van der Waals surface area contributed by atoms with Crippen LogP contribution in [0.15, 0.2) is 18.2 Å². The topological polar surface area (TPSA) is 46.9 Å². The molecule has 1 amide bonds. The molecule has 16 heavy (non-hydrogen) atoms. The van der Waals surface area contributed by atoms with Gasteiger partial charge in [0.25, 0.3) is 0 Å². The lowest BCUT2D eigenvalue weighted by molar-refractivity contribution is -0.119. The van der Waals surface area contributed by atoms with Crippen LogP contribution >= 0.6 is 0 Å². The van der Waals surface area contributed by atoms with Crippen molar-refractivity contribution in [1.82, 2.24) is 14.9 Å². The average molecular weight is 217 g/mol. The first-order valence-electron chi connectivity index (χ1n) is 5.24. The molecule has 0 aliphatic carbocycles. The van der Waals surface area contributed by atoms with Gasteiger partial charge in [-0.25, -0.2) is 4.98 Å². The van der Waals surface area contributed by atoms with Gasteiger partial charge in [-0.05, 0) is 24.6 Å². The Morgan fingerprint density at radius 3 is 2.94 bits per heavy atom. The number of aromatic nitrogens is 2. The minimum absolute atomic E-state index is 0.0164. The zero-order valence-corrected chi connectivity index (χ0v) is 9.74. The summed E-state index contributed by atoms with van der Waals surface area (Å²) in [6.07, 6.45) is 0. The average Bonchev–Trinajstić information content (AvgIpc) is 2.52. The molecule has 4 nitrogen and oxygen atoms in total. The number of carbonyl (C=O) groups excluding carboxylic acids is 1. The van der Waals surface area contributed by atoms with Gasteiger partial charge in [-0.1, -0.05) is 6.07 Å². The fourth-order valence-corrected chi connectivity index (χ4v) is 1.70. The molecule has 0 saturated heterocycles. The van der Waals surface area contributed by atoms with Crippen molar-refractivity contribution in [3.05, 3.63) is 29.6 Å². The van der Waals surface area contributed by atoms with Gasteiger partial charge in [-0.3, -0.25) is 4.79 Å². The number of aryl methyl sites for hydroxylation is 2. The van der Waals surface area contributed by atoms with Crippen LogP contribution in [0, 0.1) is 6.92 Å². The van der Waals surface area contributed by atoms with E-state index in [0.29, 0.717) is 6.54 Å². The summed E-state index contributed by atoms with van der Waals surface area (Å²) in [6.45, 7) is 4.05. The molecule has 0 radical (unpaired) electrons. The maximum atomic E-state index is 10.8. The molecule has 0 aliphatic heterocycles. The van der Waals surface area contributed by atoms with Gasteiger partial charge in [-0.15, -0.1) is 0 Å². The third kappa shape index (κ3) is 1.91. The number of hydrogen-bond acceptors (Lipinski definition) is 2. The second kappa shape index (κ2) is 3.96. The van der Waals surface area contributed by atoms with E-state index in [0.717, 1.165) is 22.4 Å². The number of amides is 1. The van der Waals surface area contributed by atoms with E-state index in [9.17, 15) is 4.79 Å². The molecular formula is C12H15N3O. The minimum atomic E-state index is -0.0164. The summed E-state index contributed by atoms with van der Waals surface area (Å²) in [5, 5.41) is 2.77. The smallest absolute Gasteiger partial charge is 0.217 e. The largest absolute Gasteiger partial charge is 0.352 e. The normalized spacial score (nSPS) is 10.7. The van der Waals surface area contributed by atoms with Crippen molar-refractivity contribution in [2.24, 2.45) is 7.05 Å². The number of fused-ring (bicyclic) bond motifs is 1. The summed E-state index contributed by atoms with van der Waals surface area (Å²) < 4.78 is 2.05. The number of nitrogens with zero attached hydrogens (tertiary/aromatic N) is 2. The van der Waals surface area contributed by atoms with Crippen LogP contribution in [-0.4, -0.2) is 15.5 Å². The van der Waals surface area contributed by atoms with Gasteiger partial charge in [-0.2, -0.15) is 0 Å². The van der Waals surface area contributed by atoms with Crippen molar-refractivity contribution in [1.29, 1.82) is 0 Å². The molecule has 0 fully saturated rings. The van der Waals surface area contributed by atoms with E-state index in [2.05, 4.69) is 14.9 Å². The fraction of sp³-hybridized carbons (Fsp3) is 0.333. The van der Waals surface area contributed by atoms with Gasteiger partial charge in [0.1, 0.15) is 5.82 Å². The Labute approximate surface area is 94.3 Å². The van der Waals surface area contributed by atoms with Crippen LogP contribution in [0.5, 0.6) is 0 Å². The molecule has 84 valence electrons. The predicted molar refractivity (Wildman–Crippen MR) is 63.0 cm³/mol. The monoisotopic (exact) mass is 217 g/mol. The Hall–Kier alpha value is -1.84. The first kappa shape index (κ1) is 10.7. The van der Waals surface area contributed by atoms with Gasteiger partial charge in [0.05, 0.1) is 11.0 Å². The van der Waals surface area contributed by atoms with Crippen LogP contribution < -0.4 is 5.32 Å². The van der Waals surface area contributed by atoms with E-state index in [1.54, 1.807) is 0 Å². The van der Waals surface area contributed by atoms with Gasteiger partial charge < -0.3 is 9.88 Å². The van der Waals surface area contributed by atoms with E-state index >= 15 is 0 Å². The highest BCUT2D eigenvalue weighted by Gasteiger charge is 2.04.